The number of nitriles is 1. The first-order valence-electron chi connectivity index (χ1n) is 11.0. The number of halogens is 3. The predicted molar refractivity (Wildman–Crippen MR) is 122 cm³/mol. The SMILES string of the molecule is CCCCC1=Cc2cc(-c3ccc(CCc4cc(F)c(C#N)c(F)c4)c(F)c3)ccc2C1. The molecule has 1 aliphatic rings. The topological polar surface area (TPSA) is 23.8 Å². The van der Waals surface area contributed by atoms with Crippen LogP contribution in [-0.2, 0) is 19.3 Å². The molecule has 0 heterocycles. The fourth-order valence-corrected chi connectivity index (χ4v) is 4.24. The molecule has 4 rings (SSSR count). The smallest absolute Gasteiger partial charge is 0.144 e. The van der Waals surface area contributed by atoms with Crippen molar-refractivity contribution in [1.82, 2.24) is 0 Å². The molecule has 0 fully saturated rings. The van der Waals surface area contributed by atoms with Crippen LogP contribution >= 0.6 is 0 Å². The number of rotatable bonds is 7. The summed E-state index contributed by atoms with van der Waals surface area (Å²) in [5, 5.41) is 8.77. The number of hydrogen-bond donors (Lipinski definition) is 0. The Morgan fingerprint density at radius 2 is 1.56 bits per heavy atom. The zero-order valence-corrected chi connectivity index (χ0v) is 18.0. The van der Waals surface area contributed by atoms with Crippen LogP contribution in [0.3, 0.4) is 0 Å². The van der Waals surface area contributed by atoms with Gasteiger partial charge in [-0.15, -0.1) is 0 Å². The summed E-state index contributed by atoms with van der Waals surface area (Å²) in [6.45, 7) is 2.19. The van der Waals surface area contributed by atoms with Crippen LogP contribution in [0.4, 0.5) is 13.2 Å². The Kier molecular flexibility index (Phi) is 6.46. The maximum atomic E-state index is 14.8. The molecular formula is C28H24F3N. The lowest BCUT2D eigenvalue weighted by atomic mass is 9.97. The van der Waals surface area contributed by atoms with E-state index in [9.17, 15) is 13.2 Å². The van der Waals surface area contributed by atoms with Gasteiger partial charge in [0.1, 0.15) is 29.1 Å². The van der Waals surface area contributed by atoms with Crippen LogP contribution in [0.5, 0.6) is 0 Å². The molecule has 3 aromatic carbocycles. The van der Waals surface area contributed by atoms with Gasteiger partial charge in [-0.2, -0.15) is 5.26 Å². The summed E-state index contributed by atoms with van der Waals surface area (Å²) in [5.41, 5.74) is 6.05. The molecule has 0 saturated heterocycles. The molecule has 0 N–H and O–H groups in total. The average molecular weight is 432 g/mol. The summed E-state index contributed by atoms with van der Waals surface area (Å²) in [7, 11) is 0. The van der Waals surface area contributed by atoms with Gasteiger partial charge in [0.05, 0.1) is 0 Å². The standard InChI is InChI=1S/C28H24F3N/c1-2-3-4-18-11-21-9-10-22(15-24(21)12-18)23-8-7-20(26(29)16-23)6-5-19-13-27(30)25(17-32)28(31)14-19/h7-10,12-16H,2-6,11H2,1H3. The van der Waals surface area contributed by atoms with Crippen molar-refractivity contribution in [3.8, 4) is 17.2 Å². The molecule has 0 radical (unpaired) electrons. The fourth-order valence-electron chi connectivity index (χ4n) is 4.24. The van der Waals surface area contributed by atoms with Crippen molar-refractivity contribution in [2.45, 2.75) is 45.4 Å². The molecule has 0 spiro atoms. The Labute approximate surface area is 186 Å². The highest BCUT2D eigenvalue weighted by Gasteiger charge is 2.15. The molecule has 0 bridgehead atoms. The van der Waals surface area contributed by atoms with E-state index in [0.29, 0.717) is 17.5 Å². The van der Waals surface area contributed by atoms with E-state index in [2.05, 4.69) is 25.1 Å². The Bertz CT molecular complexity index is 1210. The number of allylic oxidation sites excluding steroid dienone is 1. The van der Waals surface area contributed by atoms with Crippen molar-refractivity contribution < 1.29 is 13.2 Å². The molecular weight excluding hydrogens is 407 g/mol. The van der Waals surface area contributed by atoms with Crippen LogP contribution in [0.1, 0.15) is 54.0 Å². The van der Waals surface area contributed by atoms with E-state index >= 15 is 0 Å². The summed E-state index contributed by atoms with van der Waals surface area (Å²) in [6.07, 6.45) is 7.34. The minimum Gasteiger partial charge on any atom is -0.207 e. The summed E-state index contributed by atoms with van der Waals surface area (Å²) < 4.78 is 42.4. The number of benzene rings is 3. The molecule has 1 nitrogen and oxygen atoms in total. The summed E-state index contributed by atoms with van der Waals surface area (Å²) in [5.74, 6) is -2.11. The third-order valence-corrected chi connectivity index (χ3v) is 6.06. The lowest BCUT2D eigenvalue weighted by Gasteiger charge is -2.09. The van der Waals surface area contributed by atoms with E-state index in [1.807, 2.05) is 12.1 Å². The zero-order valence-electron chi connectivity index (χ0n) is 18.0. The van der Waals surface area contributed by atoms with Crippen LogP contribution in [0, 0.1) is 28.8 Å². The van der Waals surface area contributed by atoms with Gasteiger partial charge in [-0.3, -0.25) is 0 Å². The summed E-state index contributed by atoms with van der Waals surface area (Å²) in [4.78, 5) is 0. The monoisotopic (exact) mass is 431 g/mol. The van der Waals surface area contributed by atoms with Crippen LogP contribution in [0.25, 0.3) is 17.2 Å². The molecule has 32 heavy (non-hydrogen) atoms. The lowest BCUT2D eigenvalue weighted by Crippen LogP contribution is -1.99. The van der Waals surface area contributed by atoms with Crippen molar-refractivity contribution in [3.63, 3.8) is 0 Å². The number of nitrogens with zero attached hydrogens (tertiary/aromatic N) is 1. The number of hydrogen-bond acceptors (Lipinski definition) is 1. The molecule has 0 atom stereocenters. The first kappa shape index (κ1) is 21.9. The normalized spacial score (nSPS) is 12.4. The van der Waals surface area contributed by atoms with Crippen molar-refractivity contribution >= 4 is 6.08 Å². The molecule has 0 amide bonds. The number of fused-ring (bicyclic) bond motifs is 1. The molecule has 0 unspecified atom stereocenters. The Morgan fingerprint density at radius 1 is 0.844 bits per heavy atom. The molecule has 0 saturated carbocycles. The van der Waals surface area contributed by atoms with E-state index in [-0.39, 0.29) is 12.2 Å². The second-order valence-electron chi connectivity index (χ2n) is 8.35. The van der Waals surface area contributed by atoms with Gasteiger partial charge in [-0.1, -0.05) is 49.3 Å². The van der Waals surface area contributed by atoms with E-state index in [1.54, 1.807) is 6.07 Å². The van der Waals surface area contributed by atoms with Crippen LogP contribution in [0.15, 0.2) is 54.1 Å². The van der Waals surface area contributed by atoms with Gasteiger partial charge in [0.15, 0.2) is 0 Å². The molecule has 1 aliphatic carbocycles. The highest BCUT2D eigenvalue weighted by atomic mass is 19.1. The summed E-state index contributed by atoms with van der Waals surface area (Å²) >= 11 is 0. The molecule has 0 aliphatic heterocycles. The minimum atomic E-state index is -0.887. The Morgan fingerprint density at radius 3 is 2.25 bits per heavy atom. The van der Waals surface area contributed by atoms with E-state index in [1.165, 1.54) is 41.7 Å². The van der Waals surface area contributed by atoms with Crippen molar-refractivity contribution in [2.24, 2.45) is 0 Å². The number of unbranched alkanes of at least 4 members (excludes halogenated alkanes) is 1. The molecule has 0 aromatic heterocycles. The maximum Gasteiger partial charge on any atom is 0.144 e. The zero-order chi connectivity index (χ0) is 22.7. The van der Waals surface area contributed by atoms with Gasteiger partial charge in [-0.25, -0.2) is 13.2 Å². The highest BCUT2D eigenvalue weighted by molar-refractivity contribution is 5.72. The maximum absolute atomic E-state index is 14.8. The second-order valence-corrected chi connectivity index (χ2v) is 8.35. The molecule has 4 heteroatoms. The van der Waals surface area contributed by atoms with Gasteiger partial charge in [0.2, 0.25) is 0 Å². The second kappa shape index (κ2) is 9.44. The predicted octanol–water partition coefficient (Wildman–Crippen LogP) is 7.56. The van der Waals surface area contributed by atoms with Gasteiger partial charge >= 0.3 is 0 Å². The van der Waals surface area contributed by atoms with Crippen molar-refractivity contribution in [2.75, 3.05) is 0 Å². The average Bonchev–Trinajstić information content (AvgIpc) is 3.18. The Hall–Kier alpha value is -3.32. The van der Waals surface area contributed by atoms with E-state index in [4.69, 9.17) is 5.26 Å². The van der Waals surface area contributed by atoms with Crippen molar-refractivity contribution in [3.05, 3.63) is 99.4 Å². The fraction of sp³-hybridized carbons (Fsp3) is 0.250. The molecule has 162 valence electrons. The first-order chi connectivity index (χ1) is 15.5. The number of aryl methyl sites for hydroxylation is 2. The van der Waals surface area contributed by atoms with Crippen molar-refractivity contribution in [1.29, 1.82) is 5.26 Å². The highest BCUT2D eigenvalue weighted by Crippen LogP contribution is 2.32. The van der Waals surface area contributed by atoms with Gasteiger partial charge in [0, 0.05) is 0 Å². The summed E-state index contributed by atoms with van der Waals surface area (Å²) in [6, 6.07) is 15.2. The first-order valence-corrected chi connectivity index (χ1v) is 11.0. The van der Waals surface area contributed by atoms with Gasteiger partial charge < -0.3 is 0 Å². The van der Waals surface area contributed by atoms with Crippen LogP contribution in [-0.4, -0.2) is 0 Å². The minimum absolute atomic E-state index is 0.278. The van der Waals surface area contributed by atoms with Crippen LogP contribution in [0.2, 0.25) is 0 Å². The van der Waals surface area contributed by atoms with Gasteiger partial charge in [0.25, 0.3) is 0 Å². The van der Waals surface area contributed by atoms with Crippen LogP contribution < -0.4 is 0 Å². The Balaban J connectivity index is 1.49. The largest absolute Gasteiger partial charge is 0.207 e. The third kappa shape index (κ3) is 4.62. The molecule has 3 aromatic rings. The third-order valence-electron chi connectivity index (χ3n) is 6.06. The van der Waals surface area contributed by atoms with E-state index < -0.39 is 17.2 Å². The lowest BCUT2D eigenvalue weighted by molar-refractivity contribution is 0.572. The quantitative estimate of drug-likeness (QED) is 0.379. The van der Waals surface area contributed by atoms with Gasteiger partial charge in [-0.05, 0) is 89.8 Å². The van der Waals surface area contributed by atoms with E-state index in [0.717, 1.165) is 36.1 Å².